The Morgan fingerprint density at radius 3 is 0.750 bits per heavy atom. The van der Waals surface area contributed by atoms with Crippen molar-refractivity contribution in [1.29, 1.82) is 26.3 Å². The lowest BCUT2D eigenvalue weighted by Gasteiger charge is -2.22. The molecule has 0 bridgehead atoms. The van der Waals surface area contributed by atoms with E-state index in [9.17, 15) is 26.3 Å². The molecule has 0 aliphatic rings. The third-order valence-corrected chi connectivity index (χ3v) is 14.5. The normalized spacial score (nSPS) is 11.6. The summed E-state index contributed by atoms with van der Waals surface area (Å²) in [5.41, 5.74) is 6.53. The molecule has 0 N–H and O–H groups in total. The van der Waals surface area contributed by atoms with E-state index < -0.39 is 29.0 Å². The molecule has 7 nitrogen and oxygen atoms in total. The van der Waals surface area contributed by atoms with Gasteiger partial charge in [-0.25, -0.2) is 0 Å². The highest BCUT2D eigenvalue weighted by molar-refractivity contribution is 6.14. The van der Waals surface area contributed by atoms with Crippen LogP contribution in [0.15, 0.2) is 200 Å². The molecule has 13 heteroatoms. The Labute approximate surface area is 452 Å². The summed E-state index contributed by atoms with van der Waals surface area (Å²) in [7, 11) is 0. The van der Waals surface area contributed by atoms with Gasteiger partial charge < -0.3 is 9.13 Å². The number of fused-ring (bicyclic) bond motifs is 6. The number of hydrogen-bond donors (Lipinski definition) is 0. The molecule has 0 atom stereocenters. The van der Waals surface area contributed by atoms with Crippen LogP contribution in [0.2, 0.25) is 0 Å². The molecule has 0 aliphatic heterocycles. The third kappa shape index (κ3) is 8.66. The van der Waals surface area contributed by atoms with E-state index in [1.807, 2.05) is 72.8 Å². The summed E-state index contributed by atoms with van der Waals surface area (Å²) in [6.07, 6.45) is -10.5. The number of nitrogens with zero attached hydrogens (tertiary/aromatic N) is 7. The van der Waals surface area contributed by atoms with Crippen LogP contribution in [0.3, 0.4) is 0 Å². The largest absolute Gasteiger partial charge is 0.416 e. The van der Waals surface area contributed by atoms with Crippen LogP contribution in [-0.2, 0) is 12.4 Å². The summed E-state index contributed by atoms with van der Waals surface area (Å²) in [5.74, 6) is 0. The molecule has 0 spiro atoms. The first-order chi connectivity index (χ1) is 38.6. The smallest absolute Gasteiger partial charge is 0.308 e. The first-order valence-corrected chi connectivity index (χ1v) is 24.7. The van der Waals surface area contributed by atoms with Crippen molar-refractivity contribution < 1.29 is 26.3 Å². The summed E-state index contributed by atoms with van der Waals surface area (Å²) in [5, 5.41) is 51.9. The van der Waals surface area contributed by atoms with Crippen LogP contribution in [0, 0.1) is 56.7 Å². The van der Waals surface area contributed by atoms with E-state index >= 15 is 26.3 Å². The molecule has 12 aromatic rings. The molecular formula is C67H33F6N7. The summed E-state index contributed by atoms with van der Waals surface area (Å²) in [6.45, 7) is 0. The molecule has 0 amide bonds. The molecule has 0 radical (unpaired) electrons. The van der Waals surface area contributed by atoms with Crippen LogP contribution in [0.4, 0.5) is 26.3 Å². The zero-order chi connectivity index (χ0) is 55.6. The van der Waals surface area contributed by atoms with Gasteiger partial charge in [0.2, 0.25) is 0 Å². The Kier molecular flexibility index (Phi) is 11.9. The average Bonchev–Trinajstić information content (AvgIpc) is 3.47. The van der Waals surface area contributed by atoms with Crippen molar-refractivity contribution in [2.24, 2.45) is 0 Å². The molecule has 0 unspecified atom stereocenters. The second-order valence-electron chi connectivity index (χ2n) is 19.2. The lowest BCUT2D eigenvalue weighted by molar-refractivity contribution is -0.143. The summed E-state index contributed by atoms with van der Waals surface area (Å²) >= 11 is 0. The van der Waals surface area contributed by atoms with Crippen molar-refractivity contribution in [1.82, 2.24) is 9.13 Å². The fraction of sp³-hybridized carbons (Fsp3) is 0.0299. The van der Waals surface area contributed by atoms with Crippen LogP contribution in [0.1, 0.15) is 38.9 Å². The van der Waals surface area contributed by atoms with Gasteiger partial charge in [-0.3, -0.25) is 0 Å². The van der Waals surface area contributed by atoms with Gasteiger partial charge in [-0.2, -0.15) is 52.7 Å². The number of benzene rings is 10. The second kappa shape index (κ2) is 19.1. The van der Waals surface area contributed by atoms with Crippen molar-refractivity contribution in [3.05, 3.63) is 239 Å². The Morgan fingerprint density at radius 2 is 0.512 bits per heavy atom. The maximum absolute atomic E-state index is 15.1. The molecule has 2 heterocycles. The molecule has 0 saturated heterocycles. The Bertz CT molecular complexity index is 4240. The van der Waals surface area contributed by atoms with E-state index in [-0.39, 0.29) is 28.6 Å². The van der Waals surface area contributed by atoms with Crippen LogP contribution < -0.4 is 0 Å². The molecule has 12 rings (SSSR count). The maximum Gasteiger partial charge on any atom is 0.416 e. The highest BCUT2D eigenvalue weighted by Crippen LogP contribution is 2.48. The fourth-order valence-corrected chi connectivity index (χ4v) is 10.7. The first kappa shape index (κ1) is 49.7. The summed E-state index contributed by atoms with van der Waals surface area (Å²) < 4.78 is 94.4. The van der Waals surface area contributed by atoms with Gasteiger partial charge in [0.1, 0.15) is 0 Å². The lowest BCUT2D eigenvalue weighted by atomic mass is 9.94. The molecule has 10 aromatic carbocycles. The SMILES string of the molecule is N#Cc1ccc(-c2ccc3c(c2)c2cc(-c4ccc(C#N)cc4)ccc2n3-c2cc(C#N)cc(-n3c4ccc(-c5ccc(C#N)cc5)cc4c4cc(-c5ccc(C#N)cc5)ccc43)c2-c2cc(C(F)(F)F)cc(C(F)(F)F)c2)cc1. The quantitative estimate of drug-likeness (QED) is 0.147. The Morgan fingerprint density at radius 1 is 0.263 bits per heavy atom. The van der Waals surface area contributed by atoms with Crippen LogP contribution >= 0.6 is 0 Å². The van der Waals surface area contributed by atoms with E-state index in [2.05, 4.69) is 30.3 Å². The zero-order valence-corrected chi connectivity index (χ0v) is 41.5. The molecule has 80 heavy (non-hydrogen) atoms. The summed E-state index contributed by atoms with van der Waals surface area (Å²) in [6, 6.07) is 65.6. The van der Waals surface area contributed by atoms with Gasteiger partial charge >= 0.3 is 12.4 Å². The van der Waals surface area contributed by atoms with E-state index in [0.717, 1.165) is 44.5 Å². The molecule has 0 aliphatic carbocycles. The van der Waals surface area contributed by atoms with Gasteiger partial charge in [-0.05, 0) is 177 Å². The fourth-order valence-electron chi connectivity index (χ4n) is 10.7. The highest BCUT2D eigenvalue weighted by Gasteiger charge is 2.38. The van der Waals surface area contributed by atoms with Crippen LogP contribution in [0.25, 0.3) is 111 Å². The minimum absolute atomic E-state index is 0.0404. The molecule has 2 aromatic heterocycles. The minimum Gasteiger partial charge on any atom is -0.308 e. The van der Waals surface area contributed by atoms with Gasteiger partial charge in [0.05, 0.1) is 103 Å². The summed E-state index contributed by atoms with van der Waals surface area (Å²) in [4.78, 5) is 0. The standard InChI is InChI=1S/C67H33F6N7/c68-66(69,70)53-27-52(28-54(33-53)67(71,72)73)65-63(79-59-21-17-48(44-9-1-39(34-74)2-10-44)29-55(59)56-30-49(18-22-60(56)79)45-11-3-40(35-75)4-12-45)25-43(38-78)26-64(65)80-61-23-19-50(46-13-5-41(36-76)6-14-46)31-57(61)58-32-51(20-24-62(58)80)47-15-7-42(37-77)8-16-47/h1-33H. The van der Waals surface area contributed by atoms with Crippen LogP contribution in [0.5, 0.6) is 0 Å². The van der Waals surface area contributed by atoms with Crippen molar-refractivity contribution in [3.63, 3.8) is 0 Å². The number of hydrogen-bond acceptors (Lipinski definition) is 5. The number of nitriles is 5. The van der Waals surface area contributed by atoms with E-state index in [4.69, 9.17) is 0 Å². The predicted octanol–water partition coefficient (Wildman–Crippen LogP) is 17.6. The van der Waals surface area contributed by atoms with Crippen molar-refractivity contribution in [3.8, 4) is 97.4 Å². The Balaban J connectivity index is 1.22. The van der Waals surface area contributed by atoms with Crippen molar-refractivity contribution >= 4 is 43.6 Å². The van der Waals surface area contributed by atoms with Crippen molar-refractivity contribution in [2.75, 3.05) is 0 Å². The molecule has 378 valence electrons. The minimum atomic E-state index is -5.23. The van der Waals surface area contributed by atoms with Gasteiger partial charge in [0.15, 0.2) is 0 Å². The molecule has 0 saturated carbocycles. The molecular weight excluding hydrogens is 1020 g/mol. The van der Waals surface area contributed by atoms with Gasteiger partial charge in [-0.1, -0.05) is 72.8 Å². The van der Waals surface area contributed by atoms with Crippen molar-refractivity contribution in [2.45, 2.75) is 12.4 Å². The van der Waals surface area contributed by atoms with E-state index in [0.29, 0.717) is 78.0 Å². The second-order valence-corrected chi connectivity index (χ2v) is 19.2. The number of halogens is 6. The zero-order valence-electron chi connectivity index (χ0n) is 41.5. The molecule has 0 fully saturated rings. The average molecular weight is 1050 g/mol. The predicted molar refractivity (Wildman–Crippen MR) is 296 cm³/mol. The number of alkyl halides is 6. The van der Waals surface area contributed by atoms with Gasteiger partial charge in [0, 0.05) is 27.1 Å². The number of rotatable bonds is 7. The van der Waals surface area contributed by atoms with E-state index in [1.54, 1.807) is 106 Å². The van der Waals surface area contributed by atoms with E-state index in [1.165, 1.54) is 12.1 Å². The van der Waals surface area contributed by atoms with Crippen LogP contribution in [-0.4, -0.2) is 9.13 Å². The first-order valence-electron chi connectivity index (χ1n) is 24.7. The monoisotopic (exact) mass is 1050 g/mol. The maximum atomic E-state index is 15.1. The van der Waals surface area contributed by atoms with Gasteiger partial charge in [-0.15, -0.1) is 0 Å². The third-order valence-electron chi connectivity index (χ3n) is 14.5. The number of aromatic nitrogens is 2. The Hall–Kier alpha value is -11.2. The topological polar surface area (TPSA) is 129 Å². The lowest BCUT2D eigenvalue weighted by Crippen LogP contribution is -2.12. The highest BCUT2D eigenvalue weighted by atomic mass is 19.4. The van der Waals surface area contributed by atoms with Gasteiger partial charge in [0.25, 0.3) is 0 Å².